The number of nitriles is 1. The molecule has 0 fully saturated rings. The number of allylic oxidation sites excluding steroid dienone is 4. The van der Waals surface area contributed by atoms with Crippen molar-refractivity contribution in [3.8, 4) is 6.07 Å². The van der Waals surface area contributed by atoms with Gasteiger partial charge in [0.05, 0.1) is 11.6 Å². The van der Waals surface area contributed by atoms with Crippen LogP contribution in [0.15, 0.2) is 53.6 Å². The molecule has 1 aromatic carbocycles. The first kappa shape index (κ1) is 17.2. The third-order valence-electron chi connectivity index (χ3n) is 4.33. The molecule has 23 heavy (non-hydrogen) atoms. The second-order valence-corrected chi connectivity index (χ2v) is 5.76. The van der Waals surface area contributed by atoms with Gasteiger partial charge in [-0.25, -0.2) is 0 Å². The van der Waals surface area contributed by atoms with Gasteiger partial charge in [-0.3, -0.25) is 4.90 Å². The van der Waals surface area contributed by atoms with Crippen LogP contribution in [-0.2, 0) is 13.0 Å². The van der Waals surface area contributed by atoms with E-state index in [9.17, 15) is 5.26 Å². The fourth-order valence-electron chi connectivity index (χ4n) is 3.16. The minimum atomic E-state index is 0.829. The molecule has 0 bridgehead atoms. The molecule has 0 aromatic heterocycles. The first-order chi connectivity index (χ1) is 11.3. The summed E-state index contributed by atoms with van der Waals surface area (Å²) >= 11 is 0. The number of benzene rings is 1. The molecule has 0 saturated heterocycles. The van der Waals surface area contributed by atoms with Crippen molar-refractivity contribution in [1.29, 1.82) is 5.26 Å². The van der Waals surface area contributed by atoms with E-state index in [2.05, 4.69) is 54.3 Å². The van der Waals surface area contributed by atoms with Crippen molar-refractivity contribution in [2.24, 2.45) is 0 Å². The van der Waals surface area contributed by atoms with Crippen molar-refractivity contribution in [2.45, 2.75) is 40.2 Å². The van der Waals surface area contributed by atoms with E-state index in [1.807, 2.05) is 19.9 Å². The number of hydrogen-bond acceptors (Lipinski definition) is 2. The third kappa shape index (κ3) is 4.21. The molecule has 2 heteroatoms. The molecule has 0 radical (unpaired) electrons. The first-order valence-corrected chi connectivity index (χ1v) is 8.54. The molecule has 0 unspecified atom stereocenters. The quantitative estimate of drug-likeness (QED) is 0.791. The van der Waals surface area contributed by atoms with E-state index in [1.54, 1.807) is 0 Å². The van der Waals surface area contributed by atoms with Gasteiger partial charge < -0.3 is 0 Å². The Morgan fingerprint density at radius 1 is 1.26 bits per heavy atom. The monoisotopic (exact) mass is 306 g/mol. The first-order valence-electron chi connectivity index (χ1n) is 8.54. The van der Waals surface area contributed by atoms with Gasteiger partial charge >= 0.3 is 0 Å². The molecule has 0 N–H and O–H groups in total. The average Bonchev–Trinajstić information content (AvgIpc) is 2.82. The Balaban J connectivity index is 0.000000924. The van der Waals surface area contributed by atoms with Crippen molar-refractivity contribution < 1.29 is 0 Å². The van der Waals surface area contributed by atoms with E-state index in [0.717, 1.165) is 43.6 Å². The number of fused-ring (bicyclic) bond motifs is 1. The molecule has 1 aromatic rings. The maximum absolute atomic E-state index is 9.30. The van der Waals surface area contributed by atoms with Crippen molar-refractivity contribution in [2.75, 3.05) is 13.1 Å². The van der Waals surface area contributed by atoms with Gasteiger partial charge in [-0.1, -0.05) is 56.4 Å². The van der Waals surface area contributed by atoms with Gasteiger partial charge in [0.1, 0.15) is 0 Å². The van der Waals surface area contributed by atoms with Crippen molar-refractivity contribution >= 4 is 0 Å². The van der Waals surface area contributed by atoms with E-state index in [0.29, 0.717) is 0 Å². The minimum Gasteiger partial charge on any atom is -0.294 e. The Labute approximate surface area is 140 Å². The highest BCUT2D eigenvalue weighted by Crippen LogP contribution is 2.24. The van der Waals surface area contributed by atoms with Crippen LogP contribution in [0.5, 0.6) is 0 Å². The highest BCUT2D eigenvalue weighted by molar-refractivity contribution is 5.46. The Morgan fingerprint density at radius 2 is 2.09 bits per heavy atom. The molecule has 0 spiro atoms. The Bertz CT molecular complexity index is 672. The summed E-state index contributed by atoms with van der Waals surface area (Å²) < 4.78 is 0. The van der Waals surface area contributed by atoms with Crippen molar-refractivity contribution in [3.63, 3.8) is 0 Å². The second-order valence-electron chi connectivity index (χ2n) is 5.76. The number of hydrogen-bond donors (Lipinski definition) is 0. The molecule has 2 aliphatic rings. The normalized spacial score (nSPS) is 17.0. The lowest BCUT2D eigenvalue weighted by molar-refractivity contribution is 0.277. The van der Waals surface area contributed by atoms with E-state index >= 15 is 0 Å². The number of nitrogens with zero attached hydrogens (tertiary/aromatic N) is 2. The molecule has 1 aliphatic carbocycles. The Hall–Kier alpha value is -2.11. The summed E-state index contributed by atoms with van der Waals surface area (Å²) in [6, 6.07) is 8.91. The average molecular weight is 306 g/mol. The zero-order valence-electron chi connectivity index (χ0n) is 14.5. The van der Waals surface area contributed by atoms with E-state index < -0.39 is 0 Å². The zero-order chi connectivity index (χ0) is 16.7. The molecule has 1 aliphatic heterocycles. The van der Waals surface area contributed by atoms with E-state index in [1.165, 1.54) is 16.7 Å². The van der Waals surface area contributed by atoms with Gasteiger partial charge in [-0.15, -0.1) is 0 Å². The minimum absolute atomic E-state index is 0.829. The summed E-state index contributed by atoms with van der Waals surface area (Å²) in [6.45, 7) is 9.11. The Morgan fingerprint density at radius 3 is 2.87 bits per heavy atom. The fraction of sp³-hybridized carbons (Fsp3) is 0.381. The van der Waals surface area contributed by atoms with E-state index in [-0.39, 0.29) is 0 Å². The van der Waals surface area contributed by atoms with Crippen molar-refractivity contribution in [1.82, 2.24) is 4.90 Å². The van der Waals surface area contributed by atoms with Gasteiger partial charge in [0.15, 0.2) is 0 Å². The van der Waals surface area contributed by atoms with Gasteiger partial charge in [0, 0.05) is 19.6 Å². The van der Waals surface area contributed by atoms with Crippen LogP contribution >= 0.6 is 0 Å². The second kappa shape index (κ2) is 8.50. The lowest BCUT2D eigenvalue weighted by Crippen LogP contribution is -2.32. The molecule has 0 atom stereocenters. The van der Waals surface area contributed by atoms with Crippen LogP contribution in [0, 0.1) is 18.3 Å². The zero-order valence-corrected chi connectivity index (χ0v) is 14.5. The van der Waals surface area contributed by atoms with Crippen LogP contribution in [0.4, 0.5) is 0 Å². The lowest BCUT2D eigenvalue weighted by atomic mass is 9.94. The molecule has 1 heterocycles. The summed E-state index contributed by atoms with van der Waals surface area (Å²) in [5, 5.41) is 9.30. The van der Waals surface area contributed by atoms with Crippen LogP contribution in [0.1, 0.15) is 37.0 Å². The largest absolute Gasteiger partial charge is 0.294 e. The highest BCUT2D eigenvalue weighted by Gasteiger charge is 2.19. The summed E-state index contributed by atoms with van der Waals surface area (Å²) in [5.41, 5.74) is 6.33. The molecular formula is C21H26N2. The van der Waals surface area contributed by atoms with Crippen molar-refractivity contribution in [3.05, 3.63) is 70.3 Å². The summed E-state index contributed by atoms with van der Waals surface area (Å²) in [4.78, 5) is 2.44. The third-order valence-corrected chi connectivity index (χ3v) is 4.33. The molecular weight excluding hydrogens is 280 g/mol. The smallest absolute Gasteiger partial charge is 0.0991 e. The van der Waals surface area contributed by atoms with Crippen LogP contribution in [0.2, 0.25) is 0 Å². The summed E-state index contributed by atoms with van der Waals surface area (Å²) in [5.74, 6) is 0. The maximum atomic E-state index is 9.30. The topological polar surface area (TPSA) is 27.0 Å². The predicted molar refractivity (Wildman–Crippen MR) is 97.0 cm³/mol. The summed E-state index contributed by atoms with van der Waals surface area (Å²) in [7, 11) is 0. The lowest BCUT2D eigenvalue weighted by Gasteiger charge is -2.30. The predicted octanol–water partition coefficient (Wildman–Crippen LogP) is 4.72. The maximum Gasteiger partial charge on any atom is 0.0991 e. The van der Waals surface area contributed by atoms with Crippen LogP contribution in [0.25, 0.3) is 0 Å². The Kier molecular flexibility index (Phi) is 6.38. The number of aryl methyl sites for hydroxylation is 1. The van der Waals surface area contributed by atoms with Gasteiger partial charge in [-0.05, 0) is 42.0 Å². The van der Waals surface area contributed by atoms with Gasteiger partial charge in [-0.2, -0.15) is 5.26 Å². The molecule has 0 saturated carbocycles. The van der Waals surface area contributed by atoms with Gasteiger partial charge in [0.25, 0.3) is 0 Å². The van der Waals surface area contributed by atoms with Crippen LogP contribution in [-0.4, -0.2) is 18.0 Å². The van der Waals surface area contributed by atoms with Gasteiger partial charge in [0.2, 0.25) is 0 Å². The highest BCUT2D eigenvalue weighted by atomic mass is 15.1. The molecule has 120 valence electrons. The fourth-order valence-corrected chi connectivity index (χ4v) is 3.16. The standard InChI is InChI=1S/C19H20N2.C2H6/c1-15-6-5-9-18-14-21(11-10-19(15)18)13-17-8-4-2-3-7-16(17)12-20;1-2/h2,4-9H,3,10-11,13-14H2,1H3;1-2H3. The van der Waals surface area contributed by atoms with Crippen LogP contribution in [0.3, 0.4) is 0 Å². The summed E-state index contributed by atoms with van der Waals surface area (Å²) in [6.07, 6.45) is 10.2. The molecule has 2 nitrogen and oxygen atoms in total. The van der Waals surface area contributed by atoms with Crippen LogP contribution < -0.4 is 0 Å². The molecule has 0 amide bonds. The molecule has 3 rings (SSSR count). The SMILES string of the molecule is CC.Cc1cccc2c1CCN(CC1=CC=CCC=C1C#N)C2. The van der Waals surface area contributed by atoms with E-state index in [4.69, 9.17) is 0 Å². The number of rotatable bonds is 2.